The monoisotopic (exact) mass is 400 g/mol. The summed E-state index contributed by atoms with van der Waals surface area (Å²) in [7, 11) is 0. The summed E-state index contributed by atoms with van der Waals surface area (Å²) in [5.74, 6) is -0.718. The molecule has 25 heavy (non-hydrogen) atoms. The summed E-state index contributed by atoms with van der Waals surface area (Å²) in [6.45, 7) is 0. The van der Waals surface area contributed by atoms with E-state index >= 15 is 0 Å². The van der Waals surface area contributed by atoms with Crippen LogP contribution in [-0.2, 0) is 0 Å². The van der Waals surface area contributed by atoms with Crippen LogP contribution < -0.4 is 0 Å². The third-order valence-electron chi connectivity index (χ3n) is 3.42. The van der Waals surface area contributed by atoms with Crippen molar-refractivity contribution in [2.24, 2.45) is 0 Å². The predicted octanol–water partition coefficient (Wildman–Crippen LogP) is 7.04. The summed E-state index contributed by atoms with van der Waals surface area (Å²) >= 11 is 12.7. The van der Waals surface area contributed by atoms with Gasteiger partial charge in [-0.1, -0.05) is 41.4 Å². The summed E-state index contributed by atoms with van der Waals surface area (Å²) in [5.41, 5.74) is -1.33. The molecule has 0 radical (unpaired) electrons. The van der Waals surface area contributed by atoms with E-state index < -0.39 is 17.5 Å². The first-order valence-corrected chi connectivity index (χ1v) is 8.59. The molecular weight excluding hydrogens is 392 g/mol. The Kier molecular flexibility index (Phi) is 4.91. The van der Waals surface area contributed by atoms with Gasteiger partial charge in [0.15, 0.2) is 5.78 Å². The zero-order valence-electron chi connectivity index (χ0n) is 12.4. The van der Waals surface area contributed by atoms with Gasteiger partial charge in [0.2, 0.25) is 0 Å². The second kappa shape index (κ2) is 6.83. The molecule has 1 heterocycles. The summed E-state index contributed by atoms with van der Waals surface area (Å²) in [4.78, 5) is 12.6. The number of allylic oxidation sites excluding steroid dienone is 2. The number of carbonyl (C=O) groups excluding carboxylic acids is 1. The van der Waals surface area contributed by atoms with Crippen molar-refractivity contribution in [3.05, 3.63) is 75.1 Å². The van der Waals surface area contributed by atoms with Crippen LogP contribution in [0, 0.1) is 0 Å². The van der Waals surface area contributed by atoms with Gasteiger partial charge in [-0.25, -0.2) is 0 Å². The quantitative estimate of drug-likeness (QED) is 0.340. The molecule has 7 heteroatoms. The van der Waals surface area contributed by atoms with Gasteiger partial charge in [0, 0.05) is 14.7 Å². The Morgan fingerprint density at radius 2 is 1.64 bits per heavy atom. The third-order valence-corrected chi connectivity index (χ3v) is 4.99. The molecule has 3 rings (SSSR count). The SMILES string of the molecule is O=C(/C=C(\c1cc(Cl)cc(Cl)c1)C(F)(F)F)c1cc2ccccc2s1. The number of benzene rings is 2. The minimum atomic E-state index is -4.72. The molecule has 0 N–H and O–H groups in total. The fraction of sp³-hybridized carbons (Fsp3) is 0.0556. The van der Waals surface area contributed by atoms with Crippen molar-refractivity contribution in [2.45, 2.75) is 6.18 Å². The summed E-state index contributed by atoms with van der Waals surface area (Å²) < 4.78 is 41.2. The van der Waals surface area contributed by atoms with Crippen LogP contribution in [0.2, 0.25) is 10.0 Å². The Morgan fingerprint density at radius 3 is 2.24 bits per heavy atom. The number of thiophene rings is 1. The molecule has 0 saturated carbocycles. The molecule has 128 valence electrons. The van der Waals surface area contributed by atoms with Crippen LogP contribution in [0.25, 0.3) is 15.7 Å². The number of hydrogen-bond acceptors (Lipinski definition) is 2. The van der Waals surface area contributed by atoms with E-state index in [4.69, 9.17) is 23.2 Å². The summed E-state index contributed by atoms with van der Waals surface area (Å²) in [6, 6.07) is 12.4. The van der Waals surface area contributed by atoms with Gasteiger partial charge in [-0.15, -0.1) is 11.3 Å². The smallest absolute Gasteiger partial charge is 0.288 e. The van der Waals surface area contributed by atoms with Crippen LogP contribution in [0.1, 0.15) is 15.2 Å². The number of carbonyl (C=O) groups is 1. The highest BCUT2D eigenvalue weighted by atomic mass is 35.5. The Bertz CT molecular complexity index is 936. The first-order valence-electron chi connectivity index (χ1n) is 7.02. The van der Waals surface area contributed by atoms with Gasteiger partial charge < -0.3 is 0 Å². The molecule has 0 spiro atoms. The molecule has 0 atom stereocenters. The van der Waals surface area contributed by atoms with Gasteiger partial charge in [0.25, 0.3) is 0 Å². The van der Waals surface area contributed by atoms with Crippen LogP contribution in [0.15, 0.2) is 54.6 Å². The number of rotatable bonds is 3. The molecule has 0 fully saturated rings. The maximum Gasteiger partial charge on any atom is 0.417 e. The maximum atomic E-state index is 13.4. The fourth-order valence-corrected chi connectivity index (χ4v) is 3.84. The molecule has 3 aromatic rings. The molecule has 0 saturated heterocycles. The van der Waals surface area contributed by atoms with Crippen molar-refractivity contribution in [1.82, 2.24) is 0 Å². The standard InChI is InChI=1S/C18H9Cl2F3OS/c19-12-5-11(6-13(20)8-12)14(18(21,22)23)9-15(24)17-7-10-3-1-2-4-16(10)25-17/h1-9H/b14-9+. The van der Waals surface area contributed by atoms with Crippen LogP contribution in [-0.4, -0.2) is 12.0 Å². The highest BCUT2D eigenvalue weighted by Crippen LogP contribution is 2.37. The van der Waals surface area contributed by atoms with E-state index in [9.17, 15) is 18.0 Å². The van der Waals surface area contributed by atoms with E-state index in [0.717, 1.165) is 33.6 Å². The number of fused-ring (bicyclic) bond motifs is 1. The maximum absolute atomic E-state index is 13.4. The number of ketones is 1. The topological polar surface area (TPSA) is 17.1 Å². The van der Waals surface area contributed by atoms with Crippen molar-refractivity contribution >= 4 is 56.0 Å². The predicted molar refractivity (Wildman–Crippen MR) is 96.6 cm³/mol. The van der Waals surface area contributed by atoms with Crippen molar-refractivity contribution in [3.63, 3.8) is 0 Å². The zero-order chi connectivity index (χ0) is 18.2. The minimum Gasteiger partial charge on any atom is -0.288 e. The lowest BCUT2D eigenvalue weighted by Gasteiger charge is -2.12. The molecule has 1 nitrogen and oxygen atoms in total. The molecule has 0 aliphatic rings. The number of alkyl halides is 3. The molecule has 0 bridgehead atoms. The fourth-order valence-electron chi connectivity index (χ4n) is 2.34. The molecule has 2 aromatic carbocycles. The van der Waals surface area contributed by atoms with Crippen LogP contribution >= 0.6 is 34.5 Å². The Balaban J connectivity index is 2.07. The van der Waals surface area contributed by atoms with Crippen molar-refractivity contribution in [2.75, 3.05) is 0 Å². The Labute approximate surface area is 155 Å². The average molecular weight is 401 g/mol. The lowest BCUT2D eigenvalue weighted by atomic mass is 10.0. The largest absolute Gasteiger partial charge is 0.417 e. The van der Waals surface area contributed by atoms with Gasteiger partial charge in [-0.2, -0.15) is 13.2 Å². The van der Waals surface area contributed by atoms with Crippen molar-refractivity contribution < 1.29 is 18.0 Å². The highest BCUT2D eigenvalue weighted by Gasteiger charge is 2.35. The van der Waals surface area contributed by atoms with Crippen LogP contribution in [0.4, 0.5) is 13.2 Å². The van der Waals surface area contributed by atoms with Gasteiger partial charge >= 0.3 is 6.18 Å². The zero-order valence-corrected chi connectivity index (χ0v) is 14.7. The van der Waals surface area contributed by atoms with Gasteiger partial charge in [0.05, 0.1) is 10.5 Å². The van der Waals surface area contributed by atoms with Crippen LogP contribution in [0.3, 0.4) is 0 Å². The Morgan fingerprint density at radius 1 is 1.00 bits per heavy atom. The van der Waals surface area contributed by atoms with E-state index in [1.165, 1.54) is 6.07 Å². The van der Waals surface area contributed by atoms with Gasteiger partial charge in [-0.3, -0.25) is 4.79 Å². The highest BCUT2D eigenvalue weighted by molar-refractivity contribution is 7.21. The number of halogens is 5. The van der Waals surface area contributed by atoms with E-state index in [2.05, 4.69) is 0 Å². The van der Waals surface area contributed by atoms with Gasteiger partial charge in [0.1, 0.15) is 0 Å². The van der Waals surface area contributed by atoms with Crippen molar-refractivity contribution in [3.8, 4) is 0 Å². The normalized spacial score (nSPS) is 12.6. The van der Waals surface area contributed by atoms with Crippen molar-refractivity contribution in [1.29, 1.82) is 0 Å². The number of hydrogen-bond donors (Lipinski definition) is 0. The molecule has 0 unspecified atom stereocenters. The molecule has 0 amide bonds. The van der Waals surface area contributed by atoms with E-state index in [1.807, 2.05) is 6.07 Å². The molecule has 0 aliphatic carbocycles. The second-order valence-electron chi connectivity index (χ2n) is 5.23. The Hall–Kier alpha value is -1.82. The lowest BCUT2D eigenvalue weighted by molar-refractivity contribution is -0.0689. The average Bonchev–Trinajstić information content (AvgIpc) is 2.94. The summed E-state index contributed by atoms with van der Waals surface area (Å²) in [5, 5.41) is 0.933. The molecular formula is C18H9Cl2F3OS. The second-order valence-corrected chi connectivity index (χ2v) is 7.18. The van der Waals surface area contributed by atoms with Gasteiger partial charge in [-0.05, 0) is 47.4 Å². The third kappa shape index (κ3) is 4.06. The van der Waals surface area contributed by atoms with Crippen LogP contribution in [0.5, 0.6) is 0 Å². The molecule has 1 aromatic heterocycles. The van der Waals surface area contributed by atoms with E-state index in [0.29, 0.717) is 6.08 Å². The van der Waals surface area contributed by atoms with E-state index in [1.54, 1.807) is 24.3 Å². The summed E-state index contributed by atoms with van der Waals surface area (Å²) in [6.07, 6.45) is -4.13. The first kappa shape index (κ1) is 18.0. The molecule has 0 aliphatic heterocycles. The minimum absolute atomic E-state index is 0.0620. The van der Waals surface area contributed by atoms with E-state index in [-0.39, 0.29) is 20.5 Å². The first-order chi connectivity index (χ1) is 11.7. The lowest BCUT2D eigenvalue weighted by Crippen LogP contribution is -2.12.